The molecule has 0 aliphatic carbocycles. The van der Waals surface area contributed by atoms with Gasteiger partial charge in [-0.2, -0.15) is 0 Å². The lowest BCUT2D eigenvalue weighted by Crippen LogP contribution is -2.22. The minimum absolute atomic E-state index is 0. The number of hydrogen-bond donors (Lipinski definition) is 1. The summed E-state index contributed by atoms with van der Waals surface area (Å²) in [5.74, 6) is -0.463. The zero-order valence-corrected chi connectivity index (χ0v) is 12.9. The second-order valence-corrected chi connectivity index (χ2v) is 4.40. The largest absolute Gasteiger partial charge is 0.461 e. The number of nitrogens with zero attached hydrogens (tertiary/aromatic N) is 1. The van der Waals surface area contributed by atoms with E-state index in [1.165, 1.54) is 37.1 Å². The van der Waals surface area contributed by atoms with Gasteiger partial charge >= 0.3 is 5.97 Å². The van der Waals surface area contributed by atoms with Crippen molar-refractivity contribution in [3.8, 4) is 0 Å². The van der Waals surface area contributed by atoms with Crippen LogP contribution in [0.15, 0.2) is 24.3 Å². The Kier molecular flexibility index (Phi) is 10.2. The third-order valence-corrected chi connectivity index (χ3v) is 2.78. The van der Waals surface area contributed by atoms with Crippen LogP contribution >= 0.6 is 12.4 Å². The van der Waals surface area contributed by atoms with E-state index < -0.39 is 10.9 Å². The van der Waals surface area contributed by atoms with Crippen molar-refractivity contribution in [3.63, 3.8) is 0 Å². The first kappa shape index (κ1) is 19.3. The fourth-order valence-corrected chi connectivity index (χ4v) is 1.64. The lowest BCUT2D eigenvalue weighted by Gasteiger charge is -2.06. The summed E-state index contributed by atoms with van der Waals surface area (Å²) in [6.07, 6.45) is 3.49. The van der Waals surface area contributed by atoms with E-state index in [2.05, 4.69) is 12.2 Å². The van der Waals surface area contributed by atoms with E-state index in [0.29, 0.717) is 18.7 Å². The Morgan fingerprint density at radius 1 is 1.24 bits per heavy atom. The number of nitro benzene ring substituents is 1. The molecule has 118 valence electrons. The highest BCUT2D eigenvalue weighted by atomic mass is 35.5. The van der Waals surface area contributed by atoms with Crippen molar-refractivity contribution in [2.45, 2.75) is 26.2 Å². The quantitative estimate of drug-likeness (QED) is 0.328. The lowest BCUT2D eigenvalue weighted by atomic mass is 10.2. The Morgan fingerprint density at radius 3 is 2.48 bits per heavy atom. The van der Waals surface area contributed by atoms with Gasteiger partial charge in [0.05, 0.1) is 10.5 Å². The van der Waals surface area contributed by atoms with E-state index in [9.17, 15) is 14.9 Å². The van der Waals surface area contributed by atoms with Gasteiger partial charge < -0.3 is 10.1 Å². The molecule has 1 N–H and O–H groups in total. The summed E-state index contributed by atoms with van der Waals surface area (Å²) in [6.45, 7) is 3.97. The SMILES string of the molecule is CCCCCNCCOC(=O)c1ccc([N+](=O)[O-])cc1.Cl. The minimum Gasteiger partial charge on any atom is -0.461 e. The smallest absolute Gasteiger partial charge is 0.338 e. The van der Waals surface area contributed by atoms with Crippen LogP contribution in [0.1, 0.15) is 36.5 Å². The monoisotopic (exact) mass is 316 g/mol. The molecular formula is C14H21ClN2O4. The first-order valence-electron chi connectivity index (χ1n) is 6.77. The molecule has 0 aliphatic heterocycles. The molecule has 0 saturated carbocycles. The van der Waals surface area contributed by atoms with E-state index in [1.54, 1.807) is 0 Å². The van der Waals surface area contributed by atoms with Gasteiger partial charge in [-0.05, 0) is 25.1 Å². The van der Waals surface area contributed by atoms with Crippen molar-refractivity contribution in [1.82, 2.24) is 5.32 Å². The van der Waals surface area contributed by atoms with Gasteiger partial charge in [-0.25, -0.2) is 4.79 Å². The Hall–Kier alpha value is -1.66. The number of nitro groups is 1. The molecule has 0 amide bonds. The van der Waals surface area contributed by atoms with Crippen LogP contribution in [-0.4, -0.2) is 30.6 Å². The maximum Gasteiger partial charge on any atom is 0.338 e. The summed E-state index contributed by atoms with van der Waals surface area (Å²) >= 11 is 0. The highest BCUT2D eigenvalue weighted by Gasteiger charge is 2.10. The number of carbonyl (C=O) groups excluding carboxylic acids is 1. The number of halogens is 1. The lowest BCUT2D eigenvalue weighted by molar-refractivity contribution is -0.384. The van der Waals surface area contributed by atoms with Crippen molar-refractivity contribution in [2.24, 2.45) is 0 Å². The average Bonchev–Trinajstić information content (AvgIpc) is 2.46. The summed E-state index contributed by atoms with van der Waals surface area (Å²) in [5, 5.41) is 13.7. The van der Waals surface area contributed by atoms with Gasteiger partial charge in [-0.1, -0.05) is 19.8 Å². The van der Waals surface area contributed by atoms with E-state index in [-0.39, 0.29) is 18.1 Å². The number of nitrogens with one attached hydrogen (secondary N) is 1. The molecule has 7 heteroatoms. The standard InChI is InChI=1S/C14H20N2O4.ClH/c1-2-3-4-9-15-10-11-20-14(17)12-5-7-13(8-6-12)16(18)19;/h5-8,15H,2-4,9-11H2,1H3;1H. The van der Waals surface area contributed by atoms with E-state index >= 15 is 0 Å². The molecule has 1 rings (SSSR count). The van der Waals surface area contributed by atoms with Crippen molar-refractivity contribution in [3.05, 3.63) is 39.9 Å². The maximum absolute atomic E-state index is 11.6. The van der Waals surface area contributed by atoms with Gasteiger partial charge in [0.2, 0.25) is 0 Å². The summed E-state index contributed by atoms with van der Waals surface area (Å²) in [5.41, 5.74) is 0.278. The van der Waals surface area contributed by atoms with Gasteiger partial charge in [0.25, 0.3) is 5.69 Å². The zero-order valence-electron chi connectivity index (χ0n) is 12.0. The molecule has 0 unspecified atom stereocenters. The van der Waals surface area contributed by atoms with Crippen molar-refractivity contribution in [1.29, 1.82) is 0 Å². The number of non-ortho nitro benzene ring substituents is 1. The van der Waals surface area contributed by atoms with Crippen LogP contribution in [-0.2, 0) is 4.74 Å². The van der Waals surface area contributed by atoms with Crippen LogP contribution in [0.4, 0.5) is 5.69 Å². The molecule has 6 nitrogen and oxygen atoms in total. The van der Waals surface area contributed by atoms with E-state index in [0.717, 1.165) is 13.0 Å². The van der Waals surface area contributed by atoms with Crippen molar-refractivity contribution >= 4 is 24.1 Å². The fraction of sp³-hybridized carbons (Fsp3) is 0.500. The number of benzene rings is 1. The summed E-state index contributed by atoms with van der Waals surface area (Å²) in [7, 11) is 0. The number of carbonyl (C=O) groups is 1. The van der Waals surface area contributed by atoms with Gasteiger partial charge in [-0.3, -0.25) is 10.1 Å². The molecule has 0 aromatic heterocycles. The second kappa shape index (κ2) is 11.0. The summed E-state index contributed by atoms with van der Waals surface area (Å²) in [4.78, 5) is 21.6. The molecular weight excluding hydrogens is 296 g/mol. The van der Waals surface area contributed by atoms with Crippen molar-refractivity contribution < 1.29 is 14.5 Å². The van der Waals surface area contributed by atoms with Gasteiger partial charge in [0.1, 0.15) is 6.61 Å². The van der Waals surface area contributed by atoms with Crippen LogP contribution in [0.5, 0.6) is 0 Å². The molecule has 0 heterocycles. The third kappa shape index (κ3) is 7.63. The van der Waals surface area contributed by atoms with Crippen LogP contribution in [0, 0.1) is 10.1 Å². The van der Waals surface area contributed by atoms with E-state index in [4.69, 9.17) is 4.74 Å². The van der Waals surface area contributed by atoms with Crippen LogP contribution < -0.4 is 5.32 Å². The minimum atomic E-state index is -0.505. The number of unbranched alkanes of at least 4 members (excludes halogenated alkanes) is 2. The van der Waals surface area contributed by atoms with Gasteiger partial charge in [0.15, 0.2) is 0 Å². The molecule has 1 aromatic carbocycles. The predicted molar refractivity (Wildman–Crippen MR) is 83.0 cm³/mol. The number of esters is 1. The first-order valence-corrected chi connectivity index (χ1v) is 6.77. The highest BCUT2D eigenvalue weighted by Crippen LogP contribution is 2.12. The summed E-state index contributed by atoms with van der Waals surface area (Å²) in [6, 6.07) is 5.38. The number of rotatable bonds is 9. The number of hydrogen-bond acceptors (Lipinski definition) is 5. The molecule has 21 heavy (non-hydrogen) atoms. The molecule has 0 fully saturated rings. The van der Waals surface area contributed by atoms with Gasteiger partial charge in [-0.15, -0.1) is 12.4 Å². The first-order chi connectivity index (χ1) is 9.65. The summed E-state index contributed by atoms with van der Waals surface area (Å²) < 4.78 is 5.06. The molecule has 0 spiro atoms. The van der Waals surface area contributed by atoms with Gasteiger partial charge in [0, 0.05) is 18.7 Å². The Morgan fingerprint density at radius 2 is 1.90 bits per heavy atom. The fourth-order valence-electron chi connectivity index (χ4n) is 1.64. The Balaban J connectivity index is 0.00000400. The van der Waals surface area contributed by atoms with Crippen LogP contribution in [0.25, 0.3) is 0 Å². The van der Waals surface area contributed by atoms with Crippen LogP contribution in [0.2, 0.25) is 0 Å². The van der Waals surface area contributed by atoms with Crippen LogP contribution in [0.3, 0.4) is 0 Å². The van der Waals surface area contributed by atoms with Crippen molar-refractivity contribution in [2.75, 3.05) is 19.7 Å². The third-order valence-electron chi connectivity index (χ3n) is 2.78. The topological polar surface area (TPSA) is 81.5 Å². The second-order valence-electron chi connectivity index (χ2n) is 4.40. The molecule has 0 aliphatic rings. The molecule has 0 bridgehead atoms. The molecule has 0 atom stereocenters. The highest BCUT2D eigenvalue weighted by molar-refractivity contribution is 5.89. The normalized spacial score (nSPS) is 9.76. The Labute approximate surface area is 130 Å². The zero-order chi connectivity index (χ0) is 14.8. The average molecular weight is 317 g/mol. The Bertz CT molecular complexity index is 437. The molecule has 0 radical (unpaired) electrons. The predicted octanol–water partition coefficient (Wildman–Crippen LogP) is 2.95. The molecule has 1 aromatic rings. The van der Waals surface area contributed by atoms with E-state index in [1.807, 2.05) is 0 Å². The molecule has 0 saturated heterocycles. The number of ether oxygens (including phenoxy) is 1. The maximum atomic E-state index is 11.6.